The molecule has 0 spiro atoms. The molecular weight excluding hydrogens is 434 g/mol. The smallest absolute Gasteiger partial charge is 0.246 e. The van der Waals surface area contributed by atoms with E-state index in [1.165, 1.54) is 37.1 Å². The quantitative estimate of drug-likeness (QED) is 0.703. The van der Waals surface area contributed by atoms with Crippen LogP contribution in [0.3, 0.4) is 0 Å². The fraction of sp³-hybridized carbons (Fsp3) is 0.760. The minimum absolute atomic E-state index is 0.110. The summed E-state index contributed by atoms with van der Waals surface area (Å²) >= 11 is 1.75. The van der Waals surface area contributed by atoms with Gasteiger partial charge in [0.1, 0.15) is 10.5 Å². The maximum absolute atomic E-state index is 13.6. The van der Waals surface area contributed by atoms with Crippen molar-refractivity contribution in [3.05, 3.63) is 17.0 Å². The van der Waals surface area contributed by atoms with Crippen LogP contribution in [0.2, 0.25) is 0 Å². The summed E-state index contributed by atoms with van der Waals surface area (Å²) in [5, 5.41) is 9.08. The largest absolute Gasteiger partial charge is 0.351 e. The molecule has 182 valence electrons. The van der Waals surface area contributed by atoms with Crippen LogP contribution in [0.1, 0.15) is 77.2 Å². The van der Waals surface area contributed by atoms with E-state index in [2.05, 4.69) is 39.0 Å². The summed E-state index contributed by atoms with van der Waals surface area (Å²) in [5.41, 5.74) is 4.08. The predicted molar refractivity (Wildman–Crippen MR) is 132 cm³/mol. The molecule has 0 aromatic carbocycles. The van der Waals surface area contributed by atoms with Crippen LogP contribution in [0.4, 0.5) is 5.00 Å². The number of piperazine rings is 1. The number of hydrogen-bond donors (Lipinski definition) is 2. The zero-order valence-corrected chi connectivity index (χ0v) is 21.0. The van der Waals surface area contributed by atoms with Crippen LogP contribution in [0.15, 0.2) is 11.4 Å². The van der Waals surface area contributed by atoms with Gasteiger partial charge in [-0.15, -0.1) is 11.3 Å². The van der Waals surface area contributed by atoms with Crippen LogP contribution < -0.4 is 15.8 Å². The van der Waals surface area contributed by atoms with Crippen LogP contribution in [-0.2, 0) is 15.1 Å². The minimum Gasteiger partial charge on any atom is -0.351 e. The van der Waals surface area contributed by atoms with Crippen molar-refractivity contribution in [1.29, 1.82) is 0 Å². The van der Waals surface area contributed by atoms with Crippen molar-refractivity contribution in [2.75, 3.05) is 31.2 Å². The van der Waals surface area contributed by atoms with Gasteiger partial charge in [0.15, 0.2) is 0 Å². The van der Waals surface area contributed by atoms with Crippen molar-refractivity contribution in [3.63, 3.8) is 0 Å². The Hall–Kier alpha value is -1.64. The van der Waals surface area contributed by atoms with Gasteiger partial charge in [0.25, 0.3) is 0 Å². The van der Waals surface area contributed by atoms with E-state index < -0.39 is 5.54 Å². The molecule has 5 rings (SSSR count). The van der Waals surface area contributed by atoms with E-state index in [0.717, 1.165) is 57.4 Å². The van der Waals surface area contributed by atoms with E-state index >= 15 is 0 Å². The van der Waals surface area contributed by atoms with E-state index in [1.54, 1.807) is 18.3 Å². The summed E-state index contributed by atoms with van der Waals surface area (Å²) in [6, 6.07) is 3.45. The number of thiophene rings is 1. The average molecular weight is 474 g/mol. The average Bonchev–Trinajstić information content (AvgIpc) is 3.44. The summed E-state index contributed by atoms with van der Waals surface area (Å²) in [6.07, 6.45) is 10.6. The molecule has 2 aliphatic carbocycles. The number of hydrogen-bond acceptors (Lipinski definition) is 6. The Labute approximate surface area is 201 Å². The molecule has 2 N–H and O–H groups in total. The SMILES string of the molecule is CC(=O)N1CCN(C2CCC(NC(=O)C3(C)NN(C4CCCCC4)c4sccc43)CC2)CC1. The first-order valence-corrected chi connectivity index (χ1v) is 13.8. The number of anilines is 1. The van der Waals surface area contributed by atoms with Crippen molar-refractivity contribution in [1.82, 2.24) is 20.5 Å². The predicted octanol–water partition coefficient (Wildman–Crippen LogP) is 3.21. The van der Waals surface area contributed by atoms with E-state index in [-0.39, 0.29) is 17.9 Å². The standard InChI is InChI=1S/C25H39N5O2S/c1-18(31)28-13-15-29(16-14-28)20-10-8-19(9-11-20)26-24(32)25(2)22-12-17-33-23(22)30(27-25)21-6-4-3-5-7-21/h12,17,19-21,27H,3-11,13-16H2,1-2H3,(H,26,32). The first-order valence-electron chi connectivity index (χ1n) is 12.9. The zero-order chi connectivity index (χ0) is 23.0. The molecular formula is C25H39N5O2S. The molecule has 1 aromatic heterocycles. The molecule has 3 heterocycles. The monoisotopic (exact) mass is 473 g/mol. The molecule has 0 radical (unpaired) electrons. The van der Waals surface area contributed by atoms with Gasteiger partial charge in [-0.25, -0.2) is 5.43 Å². The van der Waals surface area contributed by atoms with Gasteiger partial charge in [-0.05, 0) is 56.9 Å². The van der Waals surface area contributed by atoms with Crippen molar-refractivity contribution >= 4 is 28.2 Å². The van der Waals surface area contributed by atoms with Crippen molar-refractivity contribution in [3.8, 4) is 0 Å². The number of carbonyl (C=O) groups excluding carboxylic acids is 2. The first kappa shape index (κ1) is 23.1. The maximum Gasteiger partial charge on any atom is 0.246 e. The summed E-state index contributed by atoms with van der Waals surface area (Å²) in [5.74, 6) is 0.296. The number of fused-ring (bicyclic) bond motifs is 1. The summed E-state index contributed by atoms with van der Waals surface area (Å²) in [7, 11) is 0. The molecule has 4 aliphatic rings. The molecule has 1 saturated heterocycles. The molecule has 1 aromatic rings. The van der Waals surface area contributed by atoms with Crippen molar-refractivity contribution in [2.24, 2.45) is 0 Å². The maximum atomic E-state index is 13.6. The van der Waals surface area contributed by atoms with E-state index in [9.17, 15) is 9.59 Å². The third-order valence-electron chi connectivity index (χ3n) is 8.45. The summed E-state index contributed by atoms with van der Waals surface area (Å²) in [6.45, 7) is 7.35. The Morgan fingerprint density at radius 3 is 2.36 bits per heavy atom. The number of nitrogens with zero attached hydrogens (tertiary/aromatic N) is 3. The number of hydrazine groups is 1. The van der Waals surface area contributed by atoms with Crippen LogP contribution in [0.25, 0.3) is 0 Å². The molecule has 1 unspecified atom stereocenters. The number of carbonyl (C=O) groups is 2. The van der Waals surface area contributed by atoms with Gasteiger partial charge in [-0.3, -0.25) is 19.5 Å². The van der Waals surface area contributed by atoms with Crippen LogP contribution >= 0.6 is 11.3 Å². The van der Waals surface area contributed by atoms with E-state index in [4.69, 9.17) is 0 Å². The normalized spacial score (nSPS) is 31.5. The second-order valence-electron chi connectivity index (χ2n) is 10.6. The molecule has 2 saturated carbocycles. The first-order chi connectivity index (χ1) is 16.0. The summed E-state index contributed by atoms with van der Waals surface area (Å²) in [4.78, 5) is 29.7. The van der Waals surface area contributed by atoms with Crippen molar-refractivity contribution in [2.45, 2.75) is 95.3 Å². The highest BCUT2D eigenvalue weighted by atomic mass is 32.1. The highest BCUT2D eigenvalue weighted by molar-refractivity contribution is 7.14. The number of nitrogens with one attached hydrogen (secondary N) is 2. The zero-order valence-electron chi connectivity index (χ0n) is 20.1. The Morgan fingerprint density at radius 1 is 1.00 bits per heavy atom. The molecule has 8 heteroatoms. The van der Waals surface area contributed by atoms with Crippen LogP contribution in [-0.4, -0.2) is 65.9 Å². The second-order valence-corrected chi connectivity index (χ2v) is 11.5. The van der Waals surface area contributed by atoms with Gasteiger partial charge in [-0.1, -0.05) is 19.3 Å². The van der Waals surface area contributed by atoms with Crippen LogP contribution in [0.5, 0.6) is 0 Å². The van der Waals surface area contributed by atoms with E-state index in [1.807, 2.05) is 4.90 Å². The molecule has 0 bridgehead atoms. The lowest BCUT2D eigenvalue weighted by atomic mass is 9.88. The van der Waals surface area contributed by atoms with E-state index in [0.29, 0.717) is 12.1 Å². The Bertz CT molecular complexity index is 853. The van der Waals surface area contributed by atoms with Gasteiger partial charge in [0, 0.05) is 56.8 Å². The number of amides is 2. The Kier molecular flexibility index (Phi) is 6.69. The minimum atomic E-state index is -0.688. The Morgan fingerprint density at radius 2 is 1.70 bits per heavy atom. The molecule has 1 atom stereocenters. The highest BCUT2D eigenvalue weighted by Gasteiger charge is 2.48. The van der Waals surface area contributed by atoms with Crippen LogP contribution in [0, 0.1) is 0 Å². The fourth-order valence-corrected chi connectivity index (χ4v) is 7.35. The second kappa shape index (κ2) is 9.55. The molecule has 33 heavy (non-hydrogen) atoms. The fourth-order valence-electron chi connectivity index (χ4n) is 6.31. The topological polar surface area (TPSA) is 67.9 Å². The Balaban J connectivity index is 1.16. The number of rotatable bonds is 4. The third kappa shape index (κ3) is 4.54. The van der Waals surface area contributed by atoms with Crippen molar-refractivity contribution < 1.29 is 9.59 Å². The molecule has 2 aliphatic heterocycles. The molecule has 7 nitrogen and oxygen atoms in total. The third-order valence-corrected chi connectivity index (χ3v) is 9.36. The lowest BCUT2D eigenvalue weighted by Crippen LogP contribution is -2.58. The lowest BCUT2D eigenvalue weighted by Gasteiger charge is -2.42. The van der Waals surface area contributed by atoms with Gasteiger partial charge in [0.05, 0.1) is 0 Å². The molecule has 2 amide bonds. The van der Waals surface area contributed by atoms with Gasteiger partial charge < -0.3 is 10.2 Å². The lowest BCUT2D eigenvalue weighted by molar-refractivity contribution is -0.131. The molecule has 3 fully saturated rings. The van der Waals surface area contributed by atoms with Gasteiger partial charge in [0.2, 0.25) is 11.8 Å². The van der Waals surface area contributed by atoms with Gasteiger partial charge >= 0.3 is 0 Å². The van der Waals surface area contributed by atoms with Gasteiger partial charge in [-0.2, -0.15) is 0 Å². The highest BCUT2D eigenvalue weighted by Crippen LogP contribution is 2.44. The summed E-state index contributed by atoms with van der Waals surface area (Å²) < 4.78 is 0.